The predicted octanol–water partition coefficient (Wildman–Crippen LogP) is 2.52. The monoisotopic (exact) mass is 315 g/mol. The molecule has 0 aromatic carbocycles. The Kier molecular flexibility index (Phi) is 4.32. The molecule has 1 N–H and O–H groups in total. The van der Waals surface area contributed by atoms with E-state index in [2.05, 4.69) is 17.0 Å². The number of ketones is 1. The van der Waals surface area contributed by atoms with Gasteiger partial charge in [-0.2, -0.15) is 5.10 Å². The first kappa shape index (κ1) is 15.5. The summed E-state index contributed by atoms with van der Waals surface area (Å²) in [6.45, 7) is 4.59. The van der Waals surface area contributed by atoms with Crippen molar-refractivity contribution in [1.82, 2.24) is 14.8 Å². The highest BCUT2D eigenvalue weighted by Crippen LogP contribution is 2.26. The van der Waals surface area contributed by atoms with Crippen LogP contribution in [0.2, 0.25) is 0 Å². The summed E-state index contributed by atoms with van der Waals surface area (Å²) in [6.07, 6.45) is 2.88. The molecule has 0 unspecified atom stereocenters. The summed E-state index contributed by atoms with van der Waals surface area (Å²) < 4.78 is 6.73. The van der Waals surface area contributed by atoms with Crippen molar-refractivity contribution in [1.29, 1.82) is 0 Å². The summed E-state index contributed by atoms with van der Waals surface area (Å²) in [6, 6.07) is 4.02. The van der Waals surface area contributed by atoms with Crippen LogP contribution in [-0.4, -0.2) is 33.1 Å². The van der Waals surface area contributed by atoms with Gasteiger partial charge in [0.15, 0.2) is 11.5 Å². The Labute approximate surface area is 134 Å². The van der Waals surface area contributed by atoms with E-state index in [1.54, 1.807) is 11.6 Å². The van der Waals surface area contributed by atoms with Crippen LogP contribution in [0.4, 0.5) is 0 Å². The molecule has 1 aliphatic rings. The molecule has 2 aromatic heterocycles. The van der Waals surface area contributed by atoms with Crippen LogP contribution in [0.3, 0.4) is 0 Å². The zero-order chi connectivity index (χ0) is 16.4. The van der Waals surface area contributed by atoms with Crippen LogP contribution >= 0.6 is 0 Å². The molecule has 0 amide bonds. The number of nitrogens with zero attached hydrogens (tertiary/aromatic N) is 2. The molecule has 0 fully saturated rings. The topological polar surface area (TPSA) is 77.0 Å². The number of carbonyl (C=O) groups excluding carboxylic acids is 2. The minimum atomic E-state index is -0.446. The zero-order valence-electron chi connectivity index (χ0n) is 13.5. The first-order valence-electron chi connectivity index (χ1n) is 8.10. The van der Waals surface area contributed by atoms with Crippen LogP contribution < -0.4 is 0 Å². The molecule has 2 heterocycles. The third-order valence-electron chi connectivity index (χ3n) is 4.12. The van der Waals surface area contributed by atoms with Crippen molar-refractivity contribution in [2.45, 2.75) is 46.1 Å². The molecular formula is C17H21N3O3. The minimum Gasteiger partial charge on any atom is -0.461 e. The van der Waals surface area contributed by atoms with Crippen molar-refractivity contribution in [3.8, 4) is 0 Å². The second-order valence-electron chi connectivity index (χ2n) is 5.69. The second-order valence-corrected chi connectivity index (χ2v) is 5.69. The quantitative estimate of drug-likeness (QED) is 0.860. The van der Waals surface area contributed by atoms with Crippen LogP contribution in [-0.2, 0) is 24.1 Å². The van der Waals surface area contributed by atoms with Gasteiger partial charge >= 0.3 is 5.97 Å². The third-order valence-corrected chi connectivity index (χ3v) is 4.12. The molecule has 122 valence electrons. The zero-order valence-corrected chi connectivity index (χ0v) is 13.5. The van der Waals surface area contributed by atoms with E-state index in [9.17, 15) is 9.59 Å². The summed E-state index contributed by atoms with van der Waals surface area (Å²) in [5.41, 5.74) is 3.70. The Morgan fingerprint density at radius 3 is 2.78 bits per heavy atom. The van der Waals surface area contributed by atoms with E-state index in [1.807, 2.05) is 12.1 Å². The normalized spacial score (nSPS) is 13.9. The summed E-state index contributed by atoms with van der Waals surface area (Å²) in [4.78, 5) is 27.8. The molecule has 3 rings (SSSR count). The Balaban J connectivity index is 1.98. The van der Waals surface area contributed by atoms with E-state index in [-0.39, 0.29) is 11.5 Å². The maximum absolute atomic E-state index is 12.3. The average Bonchev–Trinajstić information content (AvgIpc) is 3.13. The Bertz CT molecular complexity index is 742. The Morgan fingerprint density at radius 2 is 2.09 bits per heavy atom. The van der Waals surface area contributed by atoms with Gasteiger partial charge in [0.05, 0.1) is 13.2 Å². The van der Waals surface area contributed by atoms with Crippen LogP contribution in [0.1, 0.15) is 64.6 Å². The molecular weight excluding hydrogens is 294 g/mol. The van der Waals surface area contributed by atoms with Crippen molar-refractivity contribution in [3.05, 3.63) is 40.5 Å². The first-order valence-corrected chi connectivity index (χ1v) is 8.10. The summed E-state index contributed by atoms with van der Waals surface area (Å²) in [7, 11) is 0. The lowest BCUT2D eigenvalue weighted by molar-refractivity contribution is 0.0517. The fourth-order valence-corrected chi connectivity index (χ4v) is 3.02. The molecule has 0 aliphatic heterocycles. The van der Waals surface area contributed by atoms with Crippen LogP contribution in [0.15, 0.2) is 12.1 Å². The van der Waals surface area contributed by atoms with Crippen molar-refractivity contribution < 1.29 is 14.3 Å². The number of carbonyl (C=O) groups is 2. The first-order chi connectivity index (χ1) is 11.1. The number of hydrogen-bond acceptors (Lipinski definition) is 4. The maximum atomic E-state index is 12.3. The van der Waals surface area contributed by atoms with Gasteiger partial charge in [-0.05, 0) is 38.3 Å². The second kappa shape index (κ2) is 6.40. The largest absolute Gasteiger partial charge is 0.461 e. The van der Waals surface area contributed by atoms with E-state index in [0.717, 1.165) is 29.8 Å². The van der Waals surface area contributed by atoms with E-state index >= 15 is 0 Å². The predicted molar refractivity (Wildman–Crippen MR) is 84.7 cm³/mol. The molecule has 0 saturated carbocycles. The molecule has 2 aromatic rings. The fraction of sp³-hybridized carbons (Fsp3) is 0.471. The molecule has 6 nitrogen and oxygen atoms in total. The van der Waals surface area contributed by atoms with Gasteiger partial charge in [-0.25, -0.2) is 4.79 Å². The number of aromatic nitrogens is 3. The number of hydrogen-bond donors (Lipinski definition) is 1. The van der Waals surface area contributed by atoms with Crippen LogP contribution in [0.25, 0.3) is 0 Å². The minimum absolute atomic E-state index is 0.0524. The average molecular weight is 315 g/mol. The number of ether oxygens (including phenoxy) is 1. The summed E-state index contributed by atoms with van der Waals surface area (Å²) in [5.74, 6) is -0.394. The van der Waals surface area contributed by atoms with Gasteiger partial charge in [-0.3, -0.25) is 9.48 Å². The van der Waals surface area contributed by atoms with E-state index in [0.29, 0.717) is 31.7 Å². The summed E-state index contributed by atoms with van der Waals surface area (Å²) in [5, 5.41) is 4.39. The van der Waals surface area contributed by atoms with Crippen LogP contribution in [0.5, 0.6) is 0 Å². The van der Waals surface area contributed by atoms with E-state index in [4.69, 9.17) is 4.74 Å². The molecule has 1 aliphatic carbocycles. The third kappa shape index (κ3) is 2.93. The van der Waals surface area contributed by atoms with E-state index in [1.165, 1.54) is 0 Å². The number of aromatic amines is 1. The lowest BCUT2D eigenvalue weighted by Gasteiger charge is -2.12. The van der Waals surface area contributed by atoms with Gasteiger partial charge in [0, 0.05) is 23.4 Å². The lowest BCUT2D eigenvalue weighted by Crippen LogP contribution is -2.17. The molecule has 23 heavy (non-hydrogen) atoms. The molecule has 0 radical (unpaired) electrons. The highest BCUT2D eigenvalue weighted by Gasteiger charge is 2.30. The number of H-pyrrole nitrogens is 1. The number of rotatable bonds is 5. The Hall–Kier alpha value is -2.37. The van der Waals surface area contributed by atoms with E-state index < -0.39 is 5.97 Å². The maximum Gasteiger partial charge on any atom is 0.359 e. The van der Waals surface area contributed by atoms with Gasteiger partial charge in [0.1, 0.15) is 5.69 Å². The van der Waals surface area contributed by atoms with Gasteiger partial charge in [-0.15, -0.1) is 0 Å². The van der Waals surface area contributed by atoms with Crippen molar-refractivity contribution >= 4 is 11.8 Å². The number of nitrogens with one attached hydrogen (secondary N) is 1. The van der Waals surface area contributed by atoms with Gasteiger partial charge in [-0.1, -0.05) is 6.92 Å². The molecule has 6 heteroatoms. The fourth-order valence-electron chi connectivity index (χ4n) is 3.02. The molecule has 0 atom stereocenters. The van der Waals surface area contributed by atoms with Gasteiger partial charge in [0.25, 0.3) is 0 Å². The highest BCUT2D eigenvalue weighted by atomic mass is 16.5. The summed E-state index contributed by atoms with van der Waals surface area (Å²) >= 11 is 0. The smallest absolute Gasteiger partial charge is 0.359 e. The number of Topliss-reactive ketones (excluding diaryl/α,β-unsaturated/α-hetero) is 1. The standard InChI is InChI=1S/C17H21N3O3/c1-3-11-8-9-12(18-11)10-20-16-13(6-5-7-14(16)21)15(19-20)17(22)23-4-2/h8-9,18H,3-7,10H2,1-2H3. The molecule has 0 spiro atoms. The highest BCUT2D eigenvalue weighted by molar-refractivity contribution is 6.00. The SMILES string of the molecule is CCOC(=O)c1nn(Cc2ccc(CC)[nH]2)c2c1CCCC2=O. The van der Waals surface area contributed by atoms with Gasteiger partial charge < -0.3 is 9.72 Å². The molecule has 0 bridgehead atoms. The van der Waals surface area contributed by atoms with Gasteiger partial charge in [0.2, 0.25) is 0 Å². The molecule has 0 saturated heterocycles. The lowest BCUT2D eigenvalue weighted by atomic mass is 9.94. The van der Waals surface area contributed by atoms with Crippen molar-refractivity contribution in [2.75, 3.05) is 6.61 Å². The van der Waals surface area contributed by atoms with Crippen molar-refractivity contribution in [3.63, 3.8) is 0 Å². The number of fused-ring (bicyclic) bond motifs is 1. The Morgan fingerprint density at radius 1 is 1.30 bits per heavy atom. The van der Waals surface area contributed by atoms with Crippen LogP contribution in [0, 0.1) is 0 Å². The number of aryl methyl sites for hydroxylation is 1. The number of esters is 1. The van der Waals surface area contributed by atoms with Crippen molar-refractivity contribution in [2.24, 2.45) is 0 Å².